The molecule has 15 heavy (non-hydrogen) atoms. The van der Waals surface area contributed by atoms with Crippen LogP contribution >= 0.6 is 0 Å². The molecule has 0 saturated heterocycles. The van der Waals surface area contributed by atoms with E-state index in [4.69, 9.17) is 14.6 Å². The number of aliphatic hydroxyl groups excluding tert-OH is 1. The van der Waals surface area contributed by atoms with Crippen molar-refractivity contribution < 1.29 is 19.0 Å². The first kappa shape index (κ1) is 11.8. The zero-order valence-corrected chi connectivity index (χ0v) is 9.13. The number of ether oxygens (including phenoxy) is 2. The Labute approximate surface area is 88.4 Å². The first-order chi connectivity index (χ1) is 7.15. The van der Waals surface area contributed by atoms with Crippen LogP contribution in [0.3, 0.4) is 0 Å². The summed E-state index contributed by atoms with van der Waals surface area (Å²) in [6, 6.07) is 1.66. The highest BCUT2D eigenvalue weighted by Gasteiger charge is 2.17. The molecule has 0 aliphatic heterocycles. The van der Waals surface area contributed by atoms with Gasteiger partial charge in [0.15, 0.2) is 17.3 Å². The van der Waals surface area contributed by atoms with Gasteiger partial charge in [-0.1, -0.05) is 0 Å². The first-order valence-electron chi connectivity index (χ1n) is 4.66. The van der Waals surface area contributed by atoms with Crippen molar-refractivity contribution in [3.8, 4) is 11.5 Å². The van der Waals surface area contributed by atoms with E-state index in [2.05, 4.69) is 0 Å². The van der Waals surface area contributed by atoms with Gasteiger partial charge in [0, 0.05) is 6.61 Å². The van der Waals surface area contributed by atoms with Crippen molar-refractivity contribution in [1.29, 1.82) is 0 Å². The fourth-order valence-corrected chi connectivity index (χ4v) is 1.55. The Hall–Kier alpha value is -1.29. The first-order valence-corrected chi connectivity index (χ1v) is 4.66. The largest absolute Gasteiger partial charge is 0.492 e. The smallest absolute Gasteiger partial charge is 0.197 e. The number of hydrogen-bond donors (Lipinski definition) is 1. The normalized spacial score (nSPS) is 10.2. The van der Waals surface area contributed by atoms with Crippen LogP contribution in [0.2, 0.25) is 0 Å². The summed E-state index contributed by atoms with van der Waals surface area (Å²) in [5, 5.41) is 8.79. The Kier molecular flexibility index (Phi) is 3.91. The van der Waals surface area contributed by atoms with Crippen LogP contribution < -0.4 is 9.47 Å². The molecule has 3 nitrogen and oxygen atoms in total. The van der Waals surface area contributed by atoms with Crippen molar-refractivity contribution in [2.24, 2.45) is 0 Å². The van der Waals surface area contributed by atoms with Crippen LogP contribution in [0.15, 0.2) is 6.07 Å². The molecule has 0 atom stereocenters. The maximum absolute atomic E-state index is 13.8. The van der Waals surface area contributed by atoms with Gasteiger partial charge in [0.2, 0.25) is 0 Å². The van der Waals surface area contributed by atoms with Crippen LogP contribution in [0, 0.1) is 12.7 Å². The highest BCUT2D eigenvalue weighted by molar-refractivity contribution is 5.50. The quantitative estimate of drug-likeness (QED) is 0.828. The van der Waals surface area contributed by atoms with E-state index in [1.54, 1.807) is 6.07 Å². The van der Waals surface area contributed by atoms with Crippen LogP contribution in [0.4, 0.5) is 4.39 Å². The van der Waals surface area contributed by atoms with Gasteiger partial charge in [0.05, 0.1) is 14.2 Å². The van der Waals surface area contributed by atoms with E-state index in [1.807, 2.05) is 6.92 Å². The molecule has 0 aliphatic carbocycles. The van der Waals surface area contributed by atoms with Gasteiger partial charge in [-0.2, -0.15) is 0 Å². The number of aryl methyl sites for hydroxylation is 1. The average Bonchev–Trinajstić information content (AvgIpc) is 2.22. The van der Waals surface area contributed by atoms with Crippen LogP contribution in [0.1, 0.15) is 11.1 Å². The zero-order chi connectivity index (χ0) is 11.4. The SMILES string of the molecule is COc1c(C)cc(CCO)c(F)c1OC. The van der Waals surface area contributed by atoms with Crippen molar-refractivity contribution in [3.05, 3.63) is 23.0 Å². The fraction of sp³-hybridized carbons (Fsp3) is 0.455. The van der Waals surface area contributed by atoms with Crippen molar-refractivity contribution in [3.63, 3.8) is 0 Å². The molecule has 0 spiro atoms. The molecule has 0 aliphatic rings. The van der Waals surface area contributed by atoms with Gasteiger partial charge in [0.1, 0.15) is 0 Å². The molecule has 0 aromatic heterocycles. The minimum atomic E-state index is -0.464. The van der Waals surface area contributed by atoms with E-state index < -0.39 is 5.82 Å². The lowest BCUT2D eigenvalue weighted by Gasteiger charge is -2.14. The third kappa shape index (κ3) is 2.21. The Morgan fingerprint density at radius 1 is 1.27 bits per heavy atom. The highest BCUT2D eigenvalue weighted by atomic mass is 19.1. The summed E-state index contributed by atoms with van der Waals surface area (Å²) < 4.78 is 23.8. The molecule has 0 bridgehead atoms. The maximum Gasteiger partial charge on any atom is 0.197 e. The standard InChI is InChI=1S/C11H15FO3/c1-7-6-8(4-5-13)9(12)11(15-3)10(7)14-2/h6,13H,4-5H2,1-3H3. The Morgan fingerprint density at radius 2 is 1.87 bits per heavy atom. The second-order valence-corrected chi connectivity index (χ2v) is 3.21. The summed E-state index contributed by atoms with van der Waals surface area (Å²) in [6.07, 6.45) is 0.271. The molecule has 0 radical (unpaired) electrons. The van der Waals surface area contributed by atoms with Crippen molar-refractivity contribution in [2.75, 3.05) is 20.8 Å². The summed E-state index contributed by atoms with van der Waals surface area (Å²) in [6.45, 7) is 1.72. The second kappa shape index (κ2) is 4.98. The molecule has 0 saturated carbocycles. The van der Waals surface area contributed by atoms with Gasteiger partial charge in [-0.25, -0.2) is 4.39 Å². The molecular weight excluding hydrogens is 199 g/mol. The number of halogens is 1. The Balaban J connectivity index is 3.30. The van der Waals surface area contributed by atoms with Crippen LogP contribution in [0.25, 0.3) is 0 Å². The molecule has 1 rings (SSSR count). The molecule has 4 heteroatoms. The molecule has 0 amide bonds. The summed E-state index contributed by atoms with van der Waals surface area (Å²) in [4.78, 5) is 0. The second-order valence-electron chi connectivity index (χ2n) is 3.21. The zero-order valence-electron chi connectivity index (χ0n) is 9.13. The lowest BCUT2D eigenvalue weighted by Crippen LogP contribution is -2.02. The predicted octanol–water partition coefficient (Wildman–Crippen LogP) is 1.69. The molecule has 0 fully saturated rings. The molecule has 84 valence electrons. The molecule has 1 N–H and O–H groups in total. The van der Waals surface area contributed by atoms with Gasteiger partial charge in [-0.05, 0) is 30.5 Å². The van der Waals surface area contributed by atoms with Crippen LogP contribution in [-0.2, 0) is 6.42 Å². The van der Waals surface area contributed by atoms with E-state index in [0.717, 1.165) is 5.56 Å². The fourth-order valence-electron chi connectivity index (χ4n) is 1.55. The lowest BCUT2D eigenvalue weighted by molar-refractivity contribution is 0.294. The Bertz CT molecular complexity index is 350. The molecule has 0 heterocycles. The predicted molar refractivity (Wildman–Crippen MR) is 55.0 cm³/mol. The number of hydrogen-bond acceptors (Lipinski definition) is 3. The average molecular weight is 214 g/mol. The van der Waals surface area contributed by atoms with E-state index >= 15 is 0 Å². The monoisotopic (exact) mass is 214 g/mol. The number of benzene rings is 1. The number of methoxy groups -OCH3 is 2. The van der Waals surface area contributed by atoms with Crippen molar-refractivity contribution in [2.45, 2.75) is 13.3 Å². The minimum Gasteiger partial charge on any atom is -0.492 e. The molecule has 1 aromatic carbocycles. The topological polar surface area (TPSA) is 38.7 Å². The van der Waals surface area contributed by atoms with E-state index in [0.29, 0.717) is 11.3 Å². The summed E-state index contributed by atoms with van der Waals surface area (Å²) in [7, 11) is 2.86. The molecule has 0 unspecified atom stereocenters. The van der Waals surface area contributed by atoms with E-state index in [-0.39, 0.29) is 18.8 Å². The van der Waals surface area contributed by atoms with E-state index in [9.17, 15) is 4.39 Å². The van der Waals surface area contributed by atoms with Gasteiger partial charge in [0.25, 0.3) is 0 Å². The third-order valence-electron chi connectivity index (χ3n) is 2.23. The minimum absolute atomic E-state index is 0.0914. The van der Waals surface area contributed by atoms with Gasteiger partial charge in [-0.3, -0.25) is 0 Å². The number of rotatable bonds is 4. The summed E-state index contributed by atoms with van der Waals surface area (Å²) >= 11 is 0. The van der Waals surface area contributed by atoms with Crippen LogP contribution in [-0.4, -0.2) is 25.9 Å². The van der Waals surface area contributed by atoms with Gasteiger partial charge in [-0.15, -0.1) is 0 Å². The van der Waals surface area contributed by atoms with Gasteiger partial charge < -0.3 is 14.6 Å². The lowest BCUT2D eigenvalue weighted by atomic mass is 10.1. The van der Waals surface area contributed by atoms with Crippen molar-refractivity contribution in [1.82, 2.24) is 0 Å². The van der Waals surface area contributed by atoms with Gasteiger partial charge >= 0.3 is 0 Å². The summed E-state index contributed by atoms with van der Waals surface area (Å²) in [5.74, 6) is 0.0339. The Morgan fingerprint density at radius 3 is 2.33 bits per heavy atom. The molecular formula is C11H15FO3. The van der Waals surface area contributed by atoms with Crippen molar-refractivity contribution >= 4 is 0 Å². The maximum atomic E-state index is 13.8. The summed E-state index contributed by atoms with van der Waals surface area (Å²) in [5.41, 5.74) is 1.23. The molecule has 1 aromatic rings. The van der Waals surface area contributed by atoms with E-state index in [1.165, 1.54) is 14.2 Å². The third-order valence-corrected chi connectivity index (χ3v) is 2.23. The number of aliphatic hydroxyl groups is 1. The highest BCUT2D eigenvalue weighted by Crippen LogP contribution is 2.35. The van der Waals surface area contributed by atoms with Crippen LogP contribution in [0.5, 0.6) is 11.5 Å².